The highest BCUT2D eigenvalue weighted by Crippen LogP contribution is 2.28. The number of rotatable bonds is 4. The summed E-state index contributed by atoms with van der Waals surface area (Å²) in [6.07, 6.45) is 0. The Kier molecular flexibility index (Phi) is 5.34. The highest BCUT2D eigenvalue weighted by molar-refractivity contribution is 6.36. The summed E-state index contributed by atoms with van der Waals surface area (Å²) in [6, 6.07) is 24.5. The second-order valence-corrected chi connectivity index (χ2v) is 7.32. The van der Waals surface area contributed by atoms with Crippen LogP contribution < -0.4 is 5.32 Å². The van der Waals surface area contributed by atoms with Gasteiger partial charge in [-0.05, 0) is 35.7 Å². The van der Waals surface area contributed by atoms with E-state index in [4.69, 9.17) is 23.2 Å². The lowest BCUT2D eigenvalue weighted by Gasteiger charge is -2.13. The van der Waals surface area contributed by atoms with Crippen molar-refractivity contribution in [1.82, 2.24) is 0 Å². The number of ketones is 1. The maximum Gasteiger partial charge on any atom is 0.256 e. The van der Waals surface area contributed by atoms with Gasteiger partial charge in [0.15, 0.2) is 5.78 Å². The molecule has 0 saturated heterocycles. The third-order valence-corrected chi connectivity index (χ3v) is 5.19. The number of anilines is 1. The molecule has 0 aliphatic heterocycles. The maximum atomic E-state index is 13.0. The second-order valence-electron chi connectivity index (χ2n) is 6.48. The smallest absolute Gasteiger partial charge is 0.256 e. The summed E-state index contributed by atoms with van der Waals surface area (Å²) in [5, 5.41) is 5.37. The fourth-order valence-electron chi connectivity index (χ4n) is 3.22. The molecule has 4 aromatic rings. The Hall–Kier alpha value is -3.14. The number of fused-ring (bicyclic) bond motifs is 1. The van der Waals surface area contributed by atoms with Crippen molar-refractivity contribution in [1.29, 1.82) is 0 Å². The van der Waals surface area contributed by atoms with Gasteiger partial charge in [0.2, 0.25) is 0 Å². The summed E-state index contributed by atoms with van der Waals surface area (Å²) in [5.41, 5.74) is 1.71. The normalized spacial score (nSPS) is 10.7. The minimum Gasteiger partial charge on any atom is -0.321 e. The van der Waals surface area contributed by atoms with Crippen LogP contribution in [0.1, 0.15) is 26.3 Å². The maximum absolute atomic E-state index is 13.0. The molecule has 0 fully saturated rings. The predicted molar refractivity (Wildman–Crippen MR) is 118 cm³/mol. The molecule has 142 valence electrons. The molecule has 0 saturated carbocycles. The van der Waals surface area contributed by atoms with Gasteiger partial charge in [-0.25, -0.2) is 0 Å². The van der Waals surface area contributed by atoms with Gasteiger partial charge in [-0.3, -0.25) is 9.59 Å². The van der Waals surface area contributed by atoms with E-state index in [1.807, 2.05) is 18.2 Å². The molecule has 3 nitrogen and oxygen atoms in total. The van der Waals surface area contributed by atoms with Gasteiger partial charge >= 0.3 is 0 Å². The van der Waals surface area contributed by atoms with E-state index in [2.05, 4.69) is 5.32 Å². The molecule has 0 radical (unpaired) electrons. The zero-order valence-electron chi connectivity index (χ0n) is 15.2. The van der Waals surface area contributed by atoms with Crippen LogP contribution in [-0.2, 0) is 0 Å². The molecule has 0 aromatic heterocycles. The van der Waals surface area contributed by atoms with Crippen LogP contribution in [0.25, 0.3) is 10.8 Å². The van der Waals surface area contributed by atoms with Crippen molar-refractivity contribution in [2.45, 2.75) is 0 Å². The number of benzene rings is 4. The number of amides is 1. The SMILES string of the molecule is O=C(c1ccccc1)c1cc(Cl)ccc1NC(=O)c1cccc2c(Cl)cccc12. The fraction of sp³-hybridized carbons (Fsp3) is 0. The second kappa shape index (κ2) is 8.08. The molecule has 1 amide bonds. The van der Waals surface area contributed by atoms with Crippen molar-refractivity contribution in [2.24, 2.45) is 0 Å². The monoisotopic (exact) mass is 419 g/mol. The lowest BCUT2D eigenvalue weighted by Crippen LogP contribution is -2.15. The molecule has 0 heterocycles. The molecule has 0 atom stereocenters. The Morgan fingerprint density at radius 3 is 2.21 bits per heavy atom. The zero-order chi connectivity index (χ0) is 20.4. The molecule has 1 N–H and O–H groups in total. The summed E-state index contributed by atoms with van der Waals surface area (Å²) in [4.78, 5) is 26.0. The van der Waals surface area contributed by atoms with E-state index in [1.165, 1.54) is 0 Å². The standard InChI is InChI=1S/C24H15Cl2NO2/c25-16-12-13-22(20(14-16)23(28)15-6-2-1-3-7-15)27-24(29)19-10-4-9-18-17(19)8-5-11-21(18)26/h1-14H,(H,27,29). The van der Waals surface area contributed by atoms with E-state index in [0.29, 0.717) is 32.4 Å². The van der Waals surface area contributed by atoms with Gasteiger partial charge in [0.05, 0.1) is 5.69 Å². The predicted octanol–water partition coefficient (Wildman–Crippen LogP) is 6.63. The Bertz CT molecular complexity index is 1240. The lowest BCUT2D eigenvalue weighted by molar-refractivity contribution is 0.102. The van der Waals surface area contributed by atoms with Crippen LogP contribution in [0.4, 0.5) is 5.69 Å². The molecule has 0 aliphatic rings. The molecule has 0 bridgehead atoms. The third kappa shape index (κ3) is 3.88. The van der Waals surface area contributed by atoms with Gasteiger partial charge in [-0.15, -0.1) is 0 Å². The average molecular weight is 420 g/mol. The van der Waals surface area contributed by atoms with Crippen LogP contribution in [0.15, 0.2) is 84.9 Å². The van der Waals surface area contributed by atoms with Gasteiger partial charge < -0.3 is 5.32 Å². The highest BCUT2D eigenvalue weighted by atomic mass is 35.5. The molecule has 0 unspecified atom stereocenters. The van der Waals surface area contributed by atoms with Crippen LogP contribution in [0.2, 0.25) is 10.0 Å². The van der Waals surface area contributed by atoms with E-state index in [9.17, 15) is 9.59 Å². The number of carbonyl (C=O) groups is 2. The average Bonchev–Trinajstić information content (AvgIpc) is 2.75. The molecular formula is C24H15Cl2NO2. The molecule has 4 aromatic carbocycles. The van der Waals surface area contributed by atoms with E-state index in [1.54, 1.807) is 66.7 Å². The molecule has 4 rings (SSSR count). The Morgan fingerprint density at radius 2 is 1.41 bits per heavy atom. The van der Waals surface area contributed by atoms with E-state index in [0.717, 1.165) is 10.8 Å². The summed E-state index contributed by atoms with van der Waals surface area (Å²) >= 11 is 12.4. The van der Waals surface area contributed by atoms with E-state index in [-0.39, 0.29) is 11.7 Å². The summed E-state index contributed by atoms with van der Waals surface area (Å²) in [5.74, 6) is -0.549. The molecule has 29 heavy (non-hydrogen) atoms. The highest BCUT2D eigenvalue weighted by Gasteiger charge is 2.18. The molecule has 0 aliphatic carbocycles. The van der Waals surface area contributed by atoms with Crippen molar-refractivity contribution in [2.75, 3.05) is 5.32 Å². The third-order valence-electron chi connectivity index (χ3n) is 4.62. The first kappa shape index (κ1) is 19.2. The fourth-order valence-corrected chi connectivity index (χ4v) is 3.63. The molecule has 5 heteroatoms. The van der Waals surface area contributed by atoms with E-state index < -0.39 is 0 Å². The quantitative estimate of drug-likeness (QED) is 0.377. The van der Waals surface area contributed by atoms with Crippen molar-refractivity contribution >= 4 is 51.4 Å². The van der Waals surface area contributed by atoms with Crippen molar-refractivity contribution in [3.05, 3.63) is 112 Å². The number of carbonyl (C=O) groups excluding carboxylic acids is 2. The van der Waals surface area contributed by atoms with Gasteiger partial charge in [-0.2, -0.15) is 0 Å². The number of hydrogen-bond acceptors (Lipinski definition) is 2. The number of nitrogens with one attached hydrogen (secondary N) is 1. The van der Waals surface area contributed by atoms with Crippen LogP contribution in [0.5, 0.6) is 0 Å². The number of hydrogen-bond donors (Lipinski definition) is 1. The Labute approximate surface area is 177 Å². The first-order valence-corrected chi connectivity index (χ1v) is 9.68. The van der Waals surface area contributed by atoms with Gasteiger partial charge in [0, 0.05) is 32.1 Å². The van der Waals surface area contributed by atoms with Crippen molar-refractivity contribution in [3.8, 4) is 0 Å². The van der Waals surface area contributed by atoms with Gasteiger partial charge in [-0.1, -0.05) is 77.8 Å². The largest absolute Gasteiger partial charge is 0.321 e. The Balaban J connectivity index is 1.73. The summed E-state index contributed by atoms with van der Waals surface area (Å²) < 4.78 is 0. The van der Waals surface area contributed by atoms with Crippen LogP contribution >= 0.6 is 23.2 Å². The van der Waals surface area contributed by atoms with E-state index >= 15 is 0 Å². The number of halogens is 2. The first-order chi connectivity index (χ1) is 14.0. The minimum atomic E-state index is -0.331. The summed E-state index contributed by atoms with van der Waals surface area (Å²) in [6.45, 7) is 0. The zero-order valence-corrected chi connectivity index (χ0v) is 16.7. The van der Waals surface area contributed by atoms with Crippen LogP contribution in [-0.4, -0.2) is 11.7 Å². The van der Waals surface area contributed by atoms with Crippen LogP contribution in [0, 0.1) is 0 Å². The van der Waals surface area contributed by atoms with Crippen molar-refractivity contribution < 1.29 is 9.59 Å². The molecular weight excluding hydrogens is 405 g/mol. The van der Waals surface area contributed by atoms with Crippen molar-refractivity contribution in [3.63, 3.8) is 0 Å². The minimum absolute atomic E-state index is 0.218. The summed E-state index contributed by atoms with van der Waals surface area (Å²) in [7, 11) is 0. The Morgan fingerprint density at radius 1 is 0.690 bits per heavy atom. The van der Waals surface area contributed by atoms with Crippen LogP contribution in [0.3, 0.4) is 0 Å². The van der Waals surface area contributed by atoms with Gasteiger partial charge in [0.25, 0.3) is 5.91 Å². The molecule has 0 spiro atoms. The first-order valence-electron chi connectivity index (χ1n) is 8.92. The lowest BCUT2D eigenvalue weighted by atomic mass is 10.0. The van der Waals surface area contributed by atoms with Gasteiger partial charge in [0.1, 0.15) is 0 Å². The topological polar surface area (TPSA) is 46.2 Å².